The predicted octanol–water partition coefficient (Wildman–Crippen LogP) is 4.10. The van der Waals surface area contributed by atoms with Crippen molar-refractivity contribution in [3.05, 3.63) is 78.5 Å². The van der Waals surface area contributed by atoms with Crippen molar-refractivity contribution in [2.24, 2.45) is 0 Å². The average Bonchev–Trinajstić information content (AvgIpc) is 2.61. The van der Waals surface area contributed by atoms with Crippen molar-refractivity contribution < 1.29 is 4.21 Å². The zero-order valence-corrected chi connectivity index (χ0v) is 13.7. The zero-order valence-electron chi connectivity index (χ0n) is 12.9. The normalized spacial score (nSPS) is 11.9. The summed E-state index contributed by atoms with van der Waals surface area (Å²) in [7, 11) is -0.931. The van der Waals surface area contributed by atoms with Crippen LogP contribution in [0.1, 0.15) is 5.56 Å². The number of hydrogen-bond acceptors (Lipinski definition) is 3. The van der Waals surface area contributed by atoms with Crippen LogP contribution in [-0.2, 0) is 17.3 Å². The highest BCUT2D eigenvalue weighted by molar-refractivity contribution is 7.84. The molecule has 1 N–H and O–H groups in total. The molecular weight excluding hydrogens is 304 g/mol. The van der Waals surface area contributed by atoms with Crippen molar-refractivity contribution in [1.29, 1.82) is 0 Å². The standard InChI is InChI=1S/C19H18N2OS/c1-23(22)18-10-7-15(8-11-18)13-20-19-12-9-17(14-21-19)16-5-3-2-4-6-16/h2-12,14H,13H2,1H3,(H,20,21)/t23-/m0/s1. The molecule has 4 heteroatoms. The van der Waals surface area contributed by atoms with E-state index in [0.717, 1.165) is 27.4 Å². The number of nitrogens with one attached hydrogen (secondary N) is 1. The van der Waals surface area contributed by atoms with Crippen LogP contribution in [0.25, 0.3) is 11.1 Å². The molecule has 0 unspecified atom stereocenters. The van der Waals surface area contributed by atoms with Crippen molar-refractivity contribution >= 4 is 16.6 Å². The smallest absolute Gasteiger partial charge is 0.126 e. The third-order valence-electron chi connectivity index (χ3n) is 3.60. The lowest BCUT2D eigenvalue weighted by molar-refractivity contribution is 0.687. The third kappa shape index (κ3) is 4.05. The molecule has 1 atom stereocenters. The summed E-state index contributed by atoms with van der Waals surface area (Å²) in [5.41, 5.74) is 3.40. The Balaban J connectivity index is 1.63. The summed E-state index contributed by atoms with van der Waals surface area (Å²) >= 11 is 0. The Morgan fingerprint density at radius 1 is 0.913 bits per heavy atom. The van der Waals surface area contributed by atoms with Crippen LogP contribution < -0.4 is 5.32 Å². The average molecular weight is 322 g/mol. The van der Waals surface area contributed by atoms with Crippen molar-refractivity contribution in [2.45, 2.75) is 11.4 Å². The molecule has 0 saturated heterocycles. The zero-order chi connectivity index (χ0) is 16.1. The fourth-order valence-corrected chi connectivity index (χ4v) is 2.81. The summed E-state index contributed by atoms with van der Waals surface area (Å²) in [5, 5.41) is 3.30. The second kappa shape index (κ2) is 7.20. The van der Waals surface area contributed by atoms with Crippen LogP contribution >= 0.6 is 0 Å². The van der Waals surface area contributed by atoms with Crippen LogP contribution in [0.2, 0.25) is 0 Å². The minimum absolute atomic E-state index is 0.689. The van der Waals surface area contributed by atoms with Gasteiger partial charge >= 0.3 is 0 Å². The first-order valence-corrected chi connectivity index (χ1v) is 8.96. The van der Waals surface area contributed by atoms with Gasteiger partial charge in [0, 0.05) is 40.3 Å². The molecule has 0 bridgehead atoms. The molecule has 1 heterocycles. The Morgan fingerprint density at radius 2 is 1.65 bits per heavy atom. The first kappa shape index (κ1) is 15.4. The highest BCUT2D eigenvalue weighted by atomic mass is 32.2. The number of rotatable bonds is 5. The molecule has 116 valence electrons. The molecule has 0 spiro atoms. The summed E-state index contributed by atoms with van der Waals surface area (Å²) in [6, 6.07) is 22.0. The molecule has 0 saturated carbocycles. The van der Waals surface area contributed by atoms with Crippen LogP contribution in [0.4, 0.5) is 5.82 Å². The van der Waals surface area contributed by atoms with Gasteiger partial charge in [0.25, 0.3) is 0 Å². The second-order valence-corrected chi connectivity index (χ2v) is 6.63. The number of hydrogen-bond donors (Lipinski definition) is 1. The molecule has 23 heavy (non-hydrogen) atoms. The Morgan fingerprint density at radius 3 is 2.26 bits per heavy atom. The van der Waals surface area contributed by atoms with Gasteiger partial charge < -0.3 is 5.32 Å². The molecule has 0 amide bonds. The topological polar surface area (TPSA) is 42.0 Å². The highest BCUT2D eigenvalue weighted by Crippen LogP contribution is 2.19. The van der Waals surface area contributed by atoms with Gasteiger partial charge in [-0.2, -0.15) is 0 Å². The van der Waals surface area contributed by atoms with E-state index in [4.69, 9.17) is 0 Å². The van der Waals surface area contributed by atoms with Crippen molar-refractivity contribution in [3.63, 3.8) is 0 Å². The maximum atomic E-state index is 11.4. The second-order valence-electron chi connectivity index (χ2n) is 5.25. The van der Waals surface area contributed by atoms with Gasteiger partial charge in [-0.15, -0.1) is 0 Å². The van der Waals surface area contributed by atoms with Gasteiger partial charge in [-0.25, -0.2) is 4.98 Å². The van der Waals surface area contributed by atoms with Gasteiger partial charge in [-0.3, -0.25) is 4.21 Å². The van der Waals surface area contributed by atoms with Gasteiger partial charge in [0.2, 0.25) is 0 Å². The number of pyridine rings is 1. The Bertz CT molecular complexity index is 784. The maximum absolute atomic E-state index is 11.4. The van der Waals surface area contributed by atoms with E-state index in [9.17, 15) is 4.21 Å². The van der Waals surface area contributed by atoms with Gasteiger partial charge in [-0.05, 0) is 35.4 Å². The summed E-state index contributed by atoms with van der Waals surface area (Å²) in [4.78, 5) is 5.30. The molecule has 2 aromatic carbocycles. The molecule has 0 aliphatic heterocycles. The summed E-state index contributed by atoms with van der Waals surface area (Å²) in [6.45, 7) is 0.689. The Labute approximate surface area is 138 Å². The summed E-state index contributed by atoms with van der Waals surface area (Å²) in [6.07, 6.45) is 3.56. The quantitative estimate of drug-likeness (QED) is 0.769. The van der Waals surface area contributed by atoms with E-state index in [2.05, 4.69) is 28.5 Å². The van der Waals surface area contributed by atoms with E-state index in [1.807, 2.05) is 54.7 Å². The lowest BCUT2D eigenvalue weighted by Gasteiger charge is -2.07. The van der Waals surface area contributed by atoms with Crippen molar-refractivity contribution in [1.82, 2.24) is 4.98 Å². The van der Waals surface area contributed by atoms with E-state index >= 15 is 0 Å². The van der Waals surface area contributed by atoms with E-state index in [-0.39, 0.29) is 0 Å². The third-order valence-corrected chi connectivity index (χ3v) is 4.54. The van der Waals surface area contributed by atoms with E-state index in [1.54, 1.807) is 6.26 Å². The predicted molar refractivity (Wildman–Crippen MR) is 95.8 cm³/mol. The lowest BCUT2D eigenvalue weighted by atomic mass is 10.1. The summed E-state index contributed by atoms with van der Waals surface area (Å²) in [5.74, 6) is 0.841. The van der Waals surface area contributed by atoms with E-state index in [0.29, 0.717) is 6.54 Å². The van der Waals surface area contributed by atoms with Gasteiger partial charge in [0.05, 0.1) is 0 Å². The highest BCUT2D eigenvalue weighted by Gasteiger charge is 2.00. The van der Waals surface area contributed by atoms with Crippen LogP contribution in [0, 0.1) is 0 Å². The Hall–Kier alpha value is -2.46. The molecule has 0 radical (unpaired) electrons. The van der Waals surface area contributed by atoms with Crippen molar-refractivity contribution in [3.8, 4) is 11.1 Å². The molecule has 1 aromatic heterocycles. The van der Waals surface area contributed by atoms with Gasteiger partial charge in [0.1, 0.15) is 5.82 Å². The number of nitrogens with zero attached hydrogens (tertiary/aromatic N) is 1. The first-order chi connectivity index (χ1) is 11.2. The Kier molecular flexibility index (Phi) is 4.83. The fourth-order valence-electron chi connectivity index (χ4n) is 2.29. The maximum Gasteiger partial charge on any atom is 0.126 e. The van der Waals surface area contributed by atoms with Crippen LogP contribution in [0.15, 0.2) is 77.8 Å². The van der Waals surface area contributed by atoms with Crippen LogP contribution in [0.5, 0.6) is 0 Å². The molecule has 0 aliphatic carbocycles. The molecule has 3 aromatic rings. The van der Waals surface area contributed by atoms with Gasteiger partial charge in [-0.1, -0.05) is 42.5 Å². The first-order valence-electron chi connectivity index (χ1n) is 7.40. The molecule has 0 aliphatic rings. The molecule has 0 fully saturated rings. The molecule has 3 nitrogen and oxygen atoms in total. The lowest BCUT2D eigenvalue weighted by Crippen LogP contribution is -2.01. The minimum Gasteiger partial charge on any atom is -0.366 e. The minimum atomic E-state index is -0.931. The number of aromatic nitrogens is 1. The number of anilines is 1. The van der Waals surface area contributed by atoms with Crippen LogP contribution in [-0.4, -0.2) is 15.4 Å². The SMILES string of the molecule is C[S@](=O)c1ccc(CNc2ccc(-c3ccccc3)cn2)cc1. The van der Waals surface area contributed by atoms with E-state index in [1.165, 1.54) is 0 Å². The van der Waals surface area contributed by atoms with Gasteiger partial charge in [0.15, 0.2) is 0 Å². The number of benzene rings is 2. The summed E-state index contributed by atoms with van der Waals surface area (Å²) < 4.78 is 11.4. The fraction of sp³-hybridized carbons (Fsp3) is 0.105. The largest absolute Gasteiger partial charge is 0.366 e. The van der Waals surface area contributed by atoms with Crippen molar-refractivity contribution in [2.75, 3.05) is 11.6 Å². The molecule has 3 rings (SSSR count). The van der Waals surface area contributed by atoms with E-state index < -0.39 is 10.8 Å². The monoisotopic (exact) mass is 322 g/mol. The van der Waals surface area contributed by atoms with Crippen LogP contribution in [0.3, 0.4) is 0 Å². The molecular formula is C19H18N2OS.